The lowest BCUT2D eigenvalue weighted by molar-refractivity contribution is -0.130. The number of carbonyl (C=O) groups is 1. The summed E-state index contributed by atoms with van der Waals surface area (Å²) >= 11 is 1.14. The van der Waals surface area contributed by atoms with Crippen LogP contribution in [0.1, 0.15) is 13.8 Å². The van der Waals surface area contributed by atoms with Crippen LogP contribution in [-0.4, -0.2) is 58.2 Å². The minimum absolute atomic E-state index is 0.0801. The first kappa shape index (κ1) is 20.4. The van der Waals surface area contributed by atoms with Crippen molar-refractivity contribution >= 4 is 17.7 Å². The van der Waals surface area contributed by atoms with Crippen LogP contribution in [0.5, 0.6) is 11.5 Å². The standard InChI is InChI=1S/C17H22N6O3S/c1-17(2,10-18)22(3)14(24)9-27-16-21-20-15(23(16)19)12-7-6-11(25-4)8-13(12)26-5/h6-8H,9,19H2,1-5H3. The molecule has 0 saturated carbocycles. The molecule has 10 heteroatoms. The SMILES string of the molecule is COc1ccc(-c2nnc(SCC(=O)N(C)C(C)(C)C#N)n2N)c(OC)c1. The molecule has 0 unspecified atom stereocenters. The number of aromatic nitrogens is 3. The smallest absolute Gasteiger partial charge is 0.234 e. The molecule has 2 N–H and O–H groups in total. The molecule has 1 aromatic heterocycles. The zero-order chi connectivity index (χ0) is 20.2. The van der Waals surface area contributed by atoms with Crippen molar-refractivity contribution in [3.63, 3.8) is 0 Å². The Balaban J connectivity index is 2.19. The zero-order valence-electron chi connectivity index (χ0n) is 15.9. The number of ether oxygens (including phenoxy) is 2. The van der Waals surface area contributed by atoms with E-state index in [0.717, 1.165) is 11.8 Å². The van der Waals surface area contributed by atoms with Crippen LogP contribution < -0.4 is 15.3 Å². The lowest BCUT2D eigenvalue weighted by Gasteiger charge is -2.28. The predicted molar refractivity (Wildman–Crippen MR) is 102 cm³/mol. The van der Waals surface area contributed by atoms with Gasteiger partial charge in [-0.3, -0.25) is 4.79 Å². The molecule has 144 valence electrons. The van der Waals surface area contributed by atoms with Crippen LogP contribution in [0.25, 0.3) is 11.4 Å². The van der Waals surface area contributed by atoms with Crippen LogP contribution in [-0.2, 0) is 4.79 Å². The number of thioether (sulfide) groups is 1. The molecule has 27 heavy (non-hydrogen) atoms. The van der Waals surface area contributed by atoms with E-state index in [-0.39, 0.29) is 11.7 Å². The Morgan fingerprint density at radius 3 is 2.67 bits per heavy atom. The molecule has 0 saturated heterocycles. The second-order valence-electron chi connectivity index (χ2n) is 6.15. The van der Waals surface area contributed by atoms with Crippen LogP contribution in [0.15, 0.2) is 23.4 Å². The van der Waals surface area contributed by atoms with Crippen molar-refractivity contribution < 1.29 is 14.3 Å². The molecule has 0 spiro atoms. The number of hydrogen-bond acceptors (Lipinski definition) is 8. The number of rotatable bonds is 7. The monoisotopic (exact) mass is 390 g/mol. The van der Waals surface area contributed by atoms with Gasteiger partial charge in [0.1, 0.15) is 17.0 Å². The van der Waals surface area contributed by atoms with Crippen LogP contribution in [0.2, 0.25) is 0 Å². The maximum atomic E-state index is 12.3. The summed E-state index contributed by atoms with van der Waals surface area (Å²) in [6.07, 6.45) is 0. The second kappa shape index (κ2) is 8.18. The highest BCUT2D eigenvalue weighted by molar-refractivity contribution is 7.99. The van der Waals surface area contributed by atoms with E-state index in [1.807, 2.05) is 0 Å². The van der Waals surface area contributed by atoms with Crippen molar-refractivity contribution in [2.45, 2.75) is 24.5 Å². The van der Waals surface area contributed by atoms with Crippen LogP contribution in [0.3, 0.4) is 0 Å². The number of nitrogens with two attached hydrogens (primary N) is 1. The largest absolute Gasteiger partial charge is 0.497 e. The molecule has 2 rings (SSSR count). The lowest BCUT2D eigenvalue weighted by atomic mass is 10.1. The molecular weight excluding hydrogens is 368 g/mol. The van der Waals surface area contributed by atoms with Gasteiger partial charge in [-0.05, 0) is 26.0 Å². The average Bonchev–Trinajstić information content (AvgIpc) is 3.04. The zero-order valence-corrected chi connectivity index (χ0v) is 16.7. The van der Waals surface area contributed by atoms with Crippen LogP contribution in [0.4, 0.5) is 0 Å². The van der Waals surface area contributed by atoms with Crippen molar-refractivity contribution in [1.82, 2.24) is 19.8 Å². The fourth-order valence-electron chi connectivity index (χ4n) is 2.15. The summed E-state index contributed by atoms with van der Waals surface area (Å²) in [4.78, 5) is 13.7. The summed E-state index contributed by atoms with van der Waals surface area (Å²) in [5, 5.41) is 17.7. The number of benzene rings is 1. The number of amides is 1. The molecular formula is C17H22N6O3S. The maximum Gasteiger partial charge on any atom is 0.234 e. The molecule has 9 nitrogen and oxygen atoms in total. The summed E-state index contributed by atoms with van der Waals surface area (Å²) in [6.45, 7) is 3.35. The van der Waals surface area contributed by atoms with Gasteiger partial charge in [0, 0.05) is 13.1 Å². The van der Waals surface area contributed by atoms with Crippen LogP contribution in [0, 0.1) is 11.3 Å². The molecule has 0 aliphatic rings. The highest BCUT2D eigenvalue weighted by Gasteiger charge is 2.27. The van der Waals surface area contributed by atoms with Gasteiger partial charge in [-0.15, -0.1) is 10.2 Å². The number of hydrogen-bond donors (Lipinski definition) is 1. The quantitative estimate of drug-likeness (QED) is 0.558. The second-order valence-corrected chi connectivity index (χ2v) is 7.10. The molecule has 1 aromatic carbocycles. The lowest BCUT2D eigenvalue weighted by Crippen LogP contribution is -2.44. The number of nitriles is 1. The van der Waals surface area contributed by atoms with E-state index in [9.17, 15) is 4.79 Å². The van der Waals surface area contributed by atoms with Gasteiger partial charge in [-0.25, -0.2) is 4.68 Å². The molecule has 1 amide bonds. The highest BCUT2D eigenvalue weighted by atomic mass is 32.2. The van der Waals surface area contributed by atoms with Crippen LogP contribution >= 0.6 is 11.8 Å². The maximum absolute atomic E-state index is 12.3. The molecule has 0 aliphatic heterocycles. The fourth-order valence-corrected chi connectivity index (χ4v) is 2.92. The van der Waals surface area contributed by atoms with E-state index >= 15 is 0 Å². The van der Waals surface area contributed by atoms with Crippen molar-refractivity contribution in [3.05, 3.63) is 18.2 Å². The van der Waals surface area contributed by atoms with Gasteiger partial charge in [0.15, 0.2) is 5.82 Å². The third kappa shape index (κ3) is 4.25. The summed E-state index contributed by atoms with van der Waals surface area (Å²) in [7, 11) is 4.69. The Morgan fingerprint density at radius 2 is 2.07 bits per heavy atom. The van der Waals surface area contributed by atoms with E-state index in [2.05, 4.69) is 16.3 Å². The topological polar surface area (TPSA) is 119 Å². The minimum Gasteiger partial charge on any atom is -0.497 e. The van der Waals surface area contributed by atoms with Crippen molar-refractivity contribution in [2.75, 3.05) is 32.9 Å². The van der Waals surface area contributed by atoms with E-state index in [4.69, 9.17) is 20.6 Å². The minimum atomic E-state index is -0.893. The van der Waals surface area contributed by atoms with E-state index < -0.39 is 5.54 Å². The van der Waals surface area contributed by atoms with Gasteiger partial charge in [-0.2, -0.15) is 5.26 Å². The summed E-state index contributed by atoms with van der Waals surface area (Å²) in [6, 6.07) is 7.35. The molecule has 0 atom stereocenters. The molecule has 1 heterocycles. The predicted octanol–water partition coefficient (Wildman–Crippen LogP) is 1.53. The average molecular weight is 390 g/mol. The van der Waals surface area contributed by atoms with Gasteiger partial charge in [0.05, 0.1) is 31.6 Å². The molecule has 2 aromatic rings. The first-order chi connectivity index (χ1) is 12.7. The van der Waals surface area contributed by atoms with Crippen molar-refractivity contribution in [3.8, 4) is 29.0 Å². The number of methoxy groups -OCH3 is 2. The first-order valence-electron chi connectivity index (χ1n) is 7.98. The van der Waals surface area contributed by atoms with E-state index in [0.29, 0.717) is 28.0 Å². The Bertz CT molecular complexity index is 874. The molecule has 0 aliphatic carbocycles. The Morgan fingerprint density at radius 1 is 1.37 bits per heavy atom. The highest BCUT2D eigenvalue weighted by Crippen LogP contribution is 2.33. The number of carbonyl (C=O) groups excluding carboxylic acids is 1. The molecule has 0 bridgehead atoms. The van der Waals surface area contributed by atoms with Crippen molar-refractivity contribution in [2.24, 2.45) is 0 Å². The molecule has 0 radical (unpaired) electrons. The van der Waals surface area contributed by atoms with Gasteiger partial charge in [0.25, 0.3) is 0 Å². The first-order valence-corrected chi connectivity index (χ1v) is 8.97. The van der Waals surface area contributed by atoms with Gasteiger partial charge in [-0.1, -0.05) is 11.8 Å². The number of nitrogens with zero attached hydrogens (tertiary/aromatic N) is 5. The van der Waals surface area contributed by atoms with E-state index in [1.165, 1.54) is 16.7 Å². The van der Waals surface area contributed by atoms with E-state index in [1.54, 1.807) is 46.2 Å². The third-order valence-electron chi connectivity index (χ3n) is 4.13. The molecule has 0 fully saturated rings. The number of nitrogen functional groups attached to an aromatic ring is 1. The Kier molecular flexibility index (Phi) is 6.17. The Hall–Kier alpha value is -2.93. The van der Waals surface area contributed by atoms with Gasteiger partial charge >= 0.3 is 0 Å². The third-order valence-corrected chi connectivity index (χ3v) is 5.05. The summed E-state index contributed by atoms with van der Waals surface area (Å²) in [5.74, 6) is 7.56. The van der Waals surface area contributed by atoms with Gasteiger partial charge in [0.2, 0.25) is 11.1 Å². The fraction of sp³-hybridized carbons (Fsp3) is 0.412. The Labute approximate surface area is 162 Å². The normalized spacial score (nSPS) is 11.0. The van der Waals surface area contributed by atoms with Gasteiger partial charge < -0.3 is 20.2 Å². The summed E-state index contributed by atoms with van der Waals surface area (Å²) < 4.78 is 11.9. The summed E-state index contributed by atoms with van der Waals surface area (Å²) in [5.41, 5.74) is -0.246. The van der Waals surface area contributed by atoms with Crippen molar-refractivity contribution in [1.29, 1.82) is 5.26 Å².